The zero-order valence-electron chi connectivity index (χ0n) is 9.20. The van der Waals surface area contributed by atoms with Crippen molar-refractivity contribution in [2.45, 2.75) is 24.9 Å². The van der Waals surface area contributed by atoms with Crippen LogP contribution in [0.1, 0.15) is 18.4 Å². The molecule has 0 amide bonds. The van der Waals surface area contributed by atoms with E-state index in [2.05, 4.69) is 4.74 Å². The molecule has 0 heterocycles. The third kappa shape index (κ3) is 3.87. The van der Waals surface area contributed by atoms with Crippen LogP contribution in [0, 0.1) is 0 Å². The van der Waals surface area contributed by atoms with Crippen LogP contribution >= 0.6 is 0 Å². The highest BCUT2D eigenvalue weighted by atomic mass is 19.3. The van der Waals surface area contributed by atoms with Crippen LogP contribution in [0.15, 0.2) is 30.3 Å². The van der Waals surface area contributed by atoms with Gasteiger partial charge in [-0.25, -0.2) is 8.78 Å². The van der Waals surface area contributed by atoms with Crippen molar-refractivity contribution in [3.8, 4) is 0 Å². The smallest absolute Gasteiger partial charge is 0.273 e. The highest BCUT2D eigenvalue weighted by molar-refractivity contribution is 5.19. The molecule has 1 atom stereocenters. The molecule has 2 nitrogen and oxygen atoms in total. The summed E-state index contributed by atoms with van der Waals surface area (Å²) in [5, 5.41) is 9.30. The van der Waals surface area contributed by atoms with Gasteiger partial charge in [-0.2, -0.15) is 0 Å². The summed E-state index contributed by atoms with van der Waals surface area (Å²) in [6.07, 6.45) is -1.18. The molecule has 0 bridgehead atoms. The molecule has 0 radical (unpaired) electrons. The number of hydrogen-bond donors (Lipinski definition) is 1. The van der Waals surface area contributed by atoms with Crippen LogP contribution in [-0.4, -0.2) is 24.9 Å². The first-order valence-electron chi connectivity index (χ1n) is 5.16. The molecule has 0 saturated heterocycles. The standard InChI is InChI=1S/C12H16F2O2/c1-16-9-11(15)7-8-12(13,14)10-5-3-2-4-6-10/h2-6,11,15H,7-9H2,1H3. The van der Waals surface area contributed by atoms with Crippen molar-refractivity contribution < 1.29 is 18.6 Å². The summed E-state index contributed by atoms with van der Waals surface area (Å²) < 4.78 is 31.9. The second-order valence-corrected chi connectivity index (χ2v) is 3.72. The van der Waals surface area contributed by atoms with Crippen LogP contribution in [0.5, 0.6) is 0 Å². The predicted molar refractivity (Wildman–Crippen MR) is 57.5 cm³/mol. The summed E-state index contributed by atoms with van der Waals surface area (Å²) in [7, 11) is 1.43. The highest BCUT2D eigenvalue weighted by Crippen LogP contribution is 2.32. The zero-order valence-corrected chi connectivity index (χ0v) is 9.20. The average molecular weight is 230 g/mol. The Kier molecular flexibility index (Phi) is 4.83. The number of ether oxygens (including phenoxy) is 1. The van der Waals surface area contributed by atoms with Gasteiger partial charge in [0.1, 0.15) is 0 Å². The topological polar surface area (TPSA) is 29.5 Å². The fourth-order valence-corrected chi connectivity index (χ4v) is 1.45. The van der Waals surface area contributed by atoms with Gasteiger partial charge in [0.15, 0.2) is 0 Å². The Hall–Kier alpha value is -1.00. The van der Waals surface area contributed by atoms with Gasteiger partial charge in [0.05, 0.1) is 12.7 Å². The molecule has 4 heteroatoms. The molecule has 0 aliphatic carbocycles. The number of halogens is 2. The van der Waals surface area contributed by atoms with Gasteiger partial charge in [0.25, 0.3) is 5.92 Å². The Balaban J connectivity index is 2.52. The Morgan fingerprint density at radius 3 is 2.50 bits per heavy atom. The van der Waals surface area contributed by atoms with Gasteiger partial charge >= 0.3 is 0 Å². The summed E-state index contributed by atoms with van der Waals surface area (Å²) in [4.78, 5) is 0. The average Bonchev–Trinajstić information content (AvgIpc) is 2.28. The fourth-order valence-electron chi connectivity index (χ4n) is 1.45. The van der Waals surface area contributed by atoms with Crippen molar-refractivity contribution in [3.05, 3.63) is 35.9 Å². The number of aliphatic hydroxyl groups excluding tert-OH is 1. The van der Waals surface area contributed by atoms with E-state index in [9.17, 15) is 13.9 Å². The molecule has 0 fully saturated rings. The van der Waals surface area contributed by atoms with E-state index in [0.717, 1.165) is 0 Å². The highest BCUT2D eigenvalue weighted by Gasteiger charge is 2.31. The number of alkyl halides is 2. The Morgan fingerprint density at radius 1 is 1.31 bits per heavy atom. The third-order valence-electron chi connectivity index (χ3n) is 2.35. The Morgan fingerprint density at radius 2 is 1.94 bits per heavy atom. The number of hydrogen-bond acceptors (Lipinski definition) is 2. The van der Waals surface area contributed by atoms with Gasteiger partial charge in [-0.15, -0.1) is 0 Å². The van der Waals surface area contributed by atoms with Gasteiger partial charge in [-0.05, 0) is 6.42 Å². The Bertz CT molecular complexity index is 301. The molecule has 0 saturated carbocycles. The first-order chi connectivity index (χ1) is 7.56. The van der Waals surface area contributed by atoms with Gasteiger partial charge in [0, 0.05) is 19.1 Å². The molecule has 0 aliphatic rings. The van der Waals surface area contributed by atoms with Crippen molar-refractivity contribution in [1.82, 2.24) is 0 Å². The first-order valence-corrected chi connectivity index (χ1v) is 5.16. The van der Waals surface area contributed by atoms with Gasteiger partial charge in [-0.1, -0.05) is 30.3 Å². The molecule has 16 heavy (non-hydrogen) atoms. The van der Waals surface area contributed by atoms with Gasteiger partial charge < -0.3 is 9.84 Å². The molecule has 1 N–H and O–H groups in total. The molecule has 0 spiro atoms. The minimum atomic E-state index is -2.89. The molecule has 0 aliphatic heterocycles. The molecule has 0 aromatic heterocycles. The van der Waals surface area contributed by atoms with Crippen LogP contribution in [0.2, 0.25) is 0 Å². The largest absolute Gasteiger partial charge is 0.391 e. The van der Waals surface area contributed by atoms with E-state index in [-0.39, 0.29) is 25.0 Å². The summed E-state index contributed by atoms with van der Waals surface area (Å²) in [5.41, 5.74) is -0.0142. The minimum Gasteiger partial charge on any atom is -0.391 e. The van der Waals surface area contributed by atoms with E-state index < -0.39 is 12.0 Å². The first kappa shape index (κ1) is 13.1. The van der Waals surface area contributed by atoms with Crippen molar-refractivity contribution in [1.29, 1.82) is 0 Å². The van der Waals surface area contributed by atoms with E-state index >= 15 is 0 Å². The monoisotopic (exact) mass is 230 g/mol. The lowest BCUT2D eigenvalue weighted by Crippen LogP contribution is -2.20. The molecule has 1 aromatic carbocycles. The summed E-state index contributed by atoms with van der Waals surface area (Å²) in [6.45, 7) is 0.0882. The quantitative estimate of drug-likeness (QED) is 0.813. The normalized spacial score (nSPS) is 13.8. The number of benzene rings is 1. The molecule has 1 aromatic rings. The van der Waals surface area contributed by atoms with Gasteiger partial charge in [-0.3, -0.25) is 0 Å². The van der Waals surface area contributed by atoms with E-state index in [4.69, 9.17) is 0 Å². The van der Waals surface area contributed by atoms with Crippen molar-refractivity contribution in [2.24, 2.45) is 0 Å². The lowest BCUT2D eigenvalue weighted by molar-refractivity contribution is -0.0337. The molecule has 1 unspecified atom stereocenters. The van der Waals surface area contributed by atoms with Crippen LogP contribution in [-0.2, 0) is 10.7 Å². The maximum Gasteiger partial charge on any atom is 0.273 e. The third-order valence-corrected chi connectivity index (χ3v) is 2.35. The summed E-state index contributed by atoms with van der Waals surface area (Å²) in [5.74, 6) is -2.89. The van der Waals surface area contributed by atoms with Crippen LogP contribution in [0.25, 0.3) is 0 Å². The predicted octanol–water partition coefficient (Wildman–Crippen LogP) is 2.57. The van der Waals surface area contributed by atoms with Crippen molar-refractivity contribution in [3.63, 3.8) is 0 Å². The van der Waals surface area contributed by atoms with Crippen LogP contribution < -0.4 is 0 Å². The SMILES string of the molecule is COCC(O)CCC(F)(F)c1ccccc1. The van der Waals surface area contributed by atoms with E-state index in [1.807, 2.05) is 0 Å². The maximum absolute atomic E-state index is 13.6. The number of rotatable bonds is 6. The summed E-state index contributed by atoms with van der Waals surface area (Å²) >= 11 is 0. The Labute approximate surface area is 93.9 Å². The van der Waals surface area contributed by atoms with Crippen molar-refractivity contribution >= 4 is 0 Å². The molecule has 90 valence electrons. The van der Waals surface area contributed by atoms with Crippen LogP contribution in [0.4, 0.5) is 8.78 Å². The van der Waals surface area contributed by atoms with E-state index in [0.29, 0.717) is 0 Å². The van der Waals surface area contributed by atoms with Gasteiger partial charge in [0.2, 0.25) is 0 Å². The van der Waals surface area contributed by atoms with Crippen molar-refractivity contribution in [2.75, 3.05) is 13.7 Å². The van der Waals surface area contributed by atoms with Crippen LogP contribution in [0.3, 0.4) is 0 Å². The maximum atomic E-state index is 13.6. The second-order valence-electron chi connectivity index (χ2n) is 3.72. The molecular formula is C12H16F2O2. The number of methoxy groups -OCH3 is 1. The summed E-state index contributed by atoms with van der Waals surface area (Å²) in [6, 6.07) is 7.63. The lowest BCUT2D eigenvalue weighted by atomic mass is 10.0. The second kappa shape index (κ2) is 5.92. The minimum absolute atomic E-state index is 0.0142. The fraction of sp³-hybridized carbons (Fsp3) is 0.500. The zero-order chi connectivity index (χ0) is 12.0. The van der Waals surface area contributed by atoms with E-state index in [1.54, 1.807) is 18.2 Å². The molecule has 1 rings (SSSR count). The lowest BCUT2D eigenvalue weighted by Gasteiger charge is -2.18. The molecular weight excluding hydrogens is 214 g/mol. The van der Waals surface area contributed by atoms with E-state index in [1.165, 1.54) is 19.2 Å². The number of aliphatic hydroxyl groups is 1.